The van der Waals surface area contributed by atoms with Gasteiger partial charge in [0.1, 0.15) is 18.7 Å². The number of nitrogens with zero attached hydrogens (tertiary/aromatic N) is 3. The summed E-state index contributed by atoms with van der Waals surface area (Å²) in [6.45, 7) is 3.80. The number of aromatic nitrogens is 3. The largest absolute Gasteiger partial charge is 0.486 e. The molecule has 23 heavy (non-hydrogen) atoms. The number of rotatable bonds is 5. The van der Waals surface area contributed by atoms with Gasteiger partial charge in [-0.2, -0.15) is 0 Å². The highest BCUT2D eigenvalue weighted by Crippen LogP contribution is 2.22. The van der Waals surface area contributed by atoms with Gasteiger partial charge < -0.3 is 9.84 Å². The summed E-state index contributed by atoms with van der Waals surface area (Å²) >= 11 is 0. The van der Waals surface area contributed by atoms with Crippen LogP contribution < -0.4 is 4.74 Å². The average molecular weight is 309 g/mol. The SMILES string of the molecule is CC(C)(O)c1ccc(OCc2ncn(-c3ccccc3)n2)cc1. The van der Waals surface area contributed by atoms with Gasteiger partial charge in [0, 0.05) is 0 Å². The van der Waals surface area contributed by atoms with E-state index < -0.39 is 5.60 Å². The third-order valence-electron chi connectivity index (χ3n) is 3.49. The molecular formula is C18H19N3O2. The molecule has 3 rings (SSSR count). The zero-order valence-corrected chi connectivity index (χ0v) is 13.2. The van der Waals surface area contributed by atoms with Gasteiger partial charge in [-0.1, -0.05) is 30.3 Å². The van der Waals surface area contributed by atoms with Gasteiger partial charge in [0.2, 0.25) is 0 Å². The number of hydrogen-bond acceptors (Lipinski definition) is 4. The second-order valence-corrected chi connectivity index (χ2v) is 5.81. The summed E-state index contributed by atoms with van der Waals surface area (Å²) in [4.78, 5) is 4.25. The number of benzene rings is 2. The first kappa shape index (κ1) is 15.2. The van der Waals surface area contributed by atoms with Crippen LogP contribution in [0.3, 0.4) is 0 Å². The van der Waals surface area contributed by atoms with Crippen LogP contribution in [0, 0.1) is 0 Å². The maximum atomic E-state index is 9.94. The standard InChI is InChI=1S/C18H19N3O2/c1-18(2,22)14-8-10-16(11-9-14)23-12-17-19-13-21(20-17)15-6-4-3-5-7-15/h3-11,13,22H,12H2,1-2H3. The van der Waals surface area contributed by atoms with E-state index in [0.29, 0.717) is 18.2 Å². The fraction of sp³-hybridized carbons (Fsp3) is 0.222. The van der Waals surface area contributed by atoms with Gasteiger partial charge in [-0.3, -0.25) is 0 Å². The van der Waals surface area contributed by atoms with Crippen LogP contribution in [0.4, 0.5) is 0 Å². The first-order valence-electron chi connectivity index (χ1n) is 7.44. The Morgan fingerprint density at radius 1 is 1.04 bits per heavy atom. The second kappa shape index (κ2) is 6.22. The van der Waals surface area contributed by atoms with Crippen molar-refractivity contribution in [3.8, 4) is 11.4 Å². The summed E-state index contributed by atoms with van der Waals surface area (Å²) in [5.41, 5.74) is 0.950. The number of ether oxygens (including phenoxy) is 1. The van der Waals surface area contributed by atoms with E-state index in [4.69, 9.17) is 4.74 Å². The summed E-state index contributed by atoms with van der Waals surface area (Å²) < 4.78 is 7.41. The molecule has 0 saturated carbocycles. The van der Waals surface area contributed by atoms with E-state index in [-0.39, 0.29) is 0 Å². The molecule has 2 aromatic carbocycles. The van der Waals surface area contributed by atoms with Crippen molar-refractivity contribution in [3.05, 3.63) is 72.3 Å². The van der Waals surface area contributed by atoms with Crippen molar-refractivity contribution >= 4 is 0 Å². The normalized spacial score (nSPS) is 11.4. The molecule has 0 atom stereocenters. The molecule has 3 aromatic rings. The van der Waals surface area contributed by atoms with Crippen LogP contribution in [0.2, 0.25) is 0 Å². The molecule has 0 bridgehead atoms. The fourth-order valence-corrected chi connectivity index (χ4v) is 2.18. The Balaban J connectivity index is 1.64. The Bertz CT molecular complexity index is 759. The Morgan fingerprint density at radius 2 is 1.74 bits per heavy atom. The smallest absolute Gasteiger partial charge is 0.188 e. The zero-order chi connectivity index (χ0) is 16.3. The predicted octanol–water partition coefficient (Wildman–Crippen LogP) is 3.07. The molecule has 5 heteroatoms. The Morgan fingerprint density at radius 3 is 2.39 bits per heavy atom. The lowest BCUT2D eigenvalue weighted by Crippen LogP contribution is -2.14. The molecule has 118 valence electrons. The molecule has 0 aliphatic heterocycles. The molecular weight excluding hydrogens is 290 g/mol. The summed E-state index contributed by atoms with van der Waals surface area (Å²) in [7, 11) is 0. The van der Waals surface area contributed by atoms with Crippen molar-refractivity contribution in [2.75, 3.05) is 0 Å². The van der Waals surface area contributed by atoms with Crippen LogP contribution in [0.5, 0.6) is 5.75 Å². The minimum absolute atomic E-state index is 0.293. The van der Waals surface area contributed by atoms with E-state index in [1.165, 1.54) is 0 Å². The number of aliphatic hydroxyl groups is 1. The number of hydrogen-bond donors (Lipinski definition) is 1. The third-order valence-corrected chi connectivity index (χ3v) is 3.49. The van der Waals surface area contributed by atoms with E-state index in [1.807, 2.05) is 54.6 Å². The fourth-order valence-electron chi connectivity index (χ4n) is 2.18. The Kier molecular flexibility index (Phi) is 4.12. The molecule has 1 N–H and O–H groups in total. The molecule has 0 unspecified atom stereocenters. The summed E-state index contributed by atoms with van der Waals surface area (Å²) in [6.07, 6.45) is 1.67. The average Bonchev–Trinajstić information content (AvgIpc) is 3.02. The van der Waals surface area contributed by atoms with Crippen molar-refractivity contribution < 1.29 is 9.84 Å². The van der Waals surface area contributed by atoms with Crippen molar-refractivity contribution in [2.24, 2.45) is 0 Å². The molecule has 0 saturated heterocycles. The maximum Gasteiger partial charge on any atom is 0.188 e. The van der Waals surface area contributed by atoms with Gasteiger partial charge in [0.25, 0.3) is 0 Å². The van der Waals surface area contributed by atoms with Gasteiger partial charge in [-0.25, -0.2) is 9.67 Å². The lowest BCUT2D eigenvalue weighted by molar-refractivity contribution is 0.0785. The second-order valence-electron chi connectivity index (χ2n) is 5.81. The molecule has 0 fully saturated rings. The van der Waals surface area contributed by atoms with Gasteiger partial charge >= 0.3 is 0 Å². The lowest BCUT2D eigenvalue weighted by Gasteiger charge is -2.17. The van der Waals surface area contributed by atoms with Crippen molar-refractivity contribution in [2.45, 2.75) is 26.1 Å². The molecule has 1 aromatic heterocycles. The maximum absolute atomic E-state index is 9.94. The van der Waals surface area contributed by atoms with Crippen molar-refractivity contribution in [1.82, 2.24) is 14.8 Å². The molecule has 0 radical (unpaired) electrons. The molecule has 0 aliphatic carbocycles. The highest BCUT2D eigenvalue weighted by Gasteiger charge is 2.15. The van der Waals surface area contributed by atoms with Crippen molar-refractivity contribution in [1.29, 1.82) is 0 Å². The monoisotopic (exact) mass is 309 g/mol. The summed E-state index contributed by atoms with van der Waals surface area (Å²) in [6, 6.07) is 17.2. The predicted molar refractivity (Wildman–Crippen MR) is 87.4 cm³/mol. The highest BCUT2D eigenvalue weighted by atomic mass is 16.5. The molecule has 1 heterocycles. The Labute approximate surface area is 135 Å². The summed E-state index contributed by atoms with van der Waals surface area (Å²) in [5, 5.41) is 14.3. The first-order valence-corrected chi connectivity index (χ1v) is 7.44. The third kappa shape index (κ3) is 3.76. The van der Waals surface area contributed by atoms with Crippen molar-refractivity contribution in [3.63, 3.8) is 0 Å². The van der Waals surface area contributed by atoms with Crippen LogP contribution >= 0.6 is 0 Å². The van der Waals surface area contributed by atoms with Crippen LogP contribution in [0.25, 0.3) is 5.69 Å². The van der Waals surface area contributed by atoms with E-state index >= 15 is 0 Å². The van der Waals surface area contributed by atoms with Crippen LogP contribution in [-0.4, -0.2) is 19.9 Å². The van der Waals surface area contributed by atoms with Gasteiger partial charge in [-0.15, -0.1) is 5.10 Å². The van der Waals surface area contributed by atoms with E-state index in [9.17, 15) is 5.11 Å². The van der Waals surface area contributed by atoms with Gasteiger partial charge in [0.05, 0.1) is 11.3 Å². The molecule has 5 nitrogen and oxygen atoms in total. The van der Waals surface area contributed by atoms with Crippen LogP contribution in [0.15, 0.2) is 60.9 Å². The first-order chi connectivity index (χ1) is 11.0. The number of para-hydroxylation sites is 1. The topological polar surface area (TPSA) is 60.2 Å². The van der Waals surface area contributed by atoms with E-state index in [1.54, 1.807) is 24.9 Å². The molecule has 0 amide bonds. The summed E-state index contributed by atoms with van der Waals surface area (Å²) in [5.74, 6) is 1.33. The van der Waals surface area contributed by atoms with E-state index in [2.05, 4.69) is 10.1 Å². The highest BCUT2D eigenvalue weighted by molar-refractivity contribution is 5.31. The van der Waals surface area contributed by atoms with Gasteiger partial charge in [0.15, 0.2) is 5.82 Å². The van der Waals surface area contributed by atoms with E-state index in [0.717, 1.165) is 11.3 Å². The molecule has 0 spiro atoms. The minimum atomic E-state index is -0.853. The van der Waals surface area contributed by atoms with Crippen LogP contribution in [-0.2, 0) is 12.2 Å². The lowest BCUT2D eigenvalue weighted by atomic mass is 9.99. The van der Waals surface area contributed by atoms with Crippen LogP contribution in [0.1, 0.15) is 25.2 Å². The minimum Gasteiger partial charge on any atom is -0.486 e. The molecule has 0 aliphatic rings. The van der Waals surface area contributed by atoms with Gasteiger partial charge in [-0.05, 0) is 43.7 Å². The Hall–Kier alpha value is -2.66. The quantitative estimate of drug-likeness (QED) is 0.787. The zero-order valence-electron chi connectivity index (χ0n) is 13.2.